The summed E-state index contributed by atoms with van der Waals surface area (Å²) in [5, 5.41) is 5.85. The number of urea groups is 1. The van der Waals surface area contributed by atoms with Crippen LogP contribution in [0.2, 0.25) is 0 Å². The SMILES string of the molecule is CCCCNC(=O)Nc1c(C)cccc1OCCCn1cnc(-c2ccc(OCc3ccccc3)cc2)c1CC. The van der Waals surface area contributed by atoms with Crippen molar-refractivity contribution in [1.82, 2.24) is 14.9 Å². The molecule has 0 saturated carbocycles. The number of para-hydroxylation sites is 1. The molecule has 0 bridgehead atoms. The number of imidazole rings is 1. The van der Waals surface area contributed by atoms with Crippen LogP contribution in [0.3, 0.4) is 0 Å². The molecule has 4 rings (SSSR count). The number of hydrogen-bond acceptors (Lipinski definition) is 4. The lowest BCUT2D eigenvalue weighted by Crippen LogP contribution is -2.30. The van der Waals surface area contributed by atoms with Gasteiger partial charge >= 0.3 is 6.03 Å². The topological polar surface area (TPSA) is 77.4 Å². The number of anilines is 1. The molecule has 7 nitrogen and oxygen atoms in total. The van der Waals surface area contributed by atoms with Gasteiger partial charge in [0.05, 0.1) is 24.3 Å². The quantitative estimate of drug-likeness (QED) is 0.164. The van der Waals surface area contributed by atoms with E-state index in [0.717, 1.165) is 60.4 Å². The Bertz CT molecular complexity index is 1350. The van der Waals surface area contributed by atoms with Gasteiger partial charge < -0.3 is 24.7 Å². The molecule has 2 amide bonds. The highest BCUT2D eigenvalue weighted by Crippen LogP contribution is 2.29. The van der Waals surface area contributed by atoms with Crippen molar-refractivity contribution in [3.05, 3.63) is 95.9 Å². The number of nitrogens with zero attached hydrogens (tertiary/aromatic N) is 2. The number of benzene rings is 3. The van der Waals surface area contributed by atoms with Crippen molar-refractivity contribution in [2.75, 3.05) is 18.5 Å². The van der Waals surface area contributed by atoms with Gasteiger partial charge in [0.1, 0.15) is 18.1 Å². The number of unbranched alkanes of at least 4 members (excludes halogenated alkanes) is 1. The van der Waals surface area contributed by atoms with Gasteiger partial charge in [0.25, 0.3) is 0 Å². The lowest BCUT2D eigenvalue weighted by Gasteiger charge is -2.16. The van der Waals surface area contributed by atoms with E-state index in [2.05, 4.69) is 53.3 Å². The Labute approximate surface area is 237 Å². The fraction of sp³-hybridized carbons (Fsp3) is 0.333. The van der Waals surface area contributed by atoms with E-state index in [1.165, 1.54) is 5.69 Å². The summed E-state index contributed by atoms with van der Waals surface area (Å²) in [5.41, 5.74) is 6.09. The molecular weight excluding hydrogens is 500 g/mol. The number of hydrogen-bond donors (Lipinski definition) is 2. The van der Waals surface area contributed by atoms with Crippen molar-refractivity contribution in [2.24, 2.45) is 0 Å². The molecule has 0 aliphatic rings. The van der Waals surface area contributed by atoms with E-state index in [9.17, 15) is 4.79 Å². The smallest absolute Gasteiger partial charge is 0.319 e. The highest BCUT2D eigenvalue weighted by atomic mass is 16.5. The summed E-state index contributed by atoms with van der Waals surface area (Å²) < 4.78 is 14.3. The number of carbonyl (C=O) groups excluding carboxylic acids is 1. The van der Waals surface area contributed by atoms with E-state index < -0.39 is 0 Å². The highest BCUT2D eigenvalue weighted by Gasteiger charge is 2.13. The maximum absolute atomic E-state index is 12.3. The number of aryl methyl sites for hydroxylation is 2. The van der Waals surface area contributed by atoms with E-state index in [1.54, 1.807) is 0 Å². The molecule has 3 aromatic carbocycles. The number of ether oxygens (including phenoxy) is 2. The predicted molar refractivity (Wildman–Crippen MR) is 161 cm³/mol. The van der Waals surface area contributed by atoms with Crippen LogP contribution >= 0.6 is 0 Å². The summed E-state index contributed by atoms with van der Waals surface area (Å²) in [5.74, 6) is 1.52. The minimum absolute atomic E-state index is 0.207. The standard InChI is InChI=1S/C33H40N4O3/c1-4-6-20-34-33(38)36-31-25(3)12-10-15-30(31)39-22-11-21-37-24-35-32(29(37)5-2)27-16-18-28(19-17-27)40-23-26-13-8-7-9-14-26/h7-10,12-19,24H,4-6,11,20-23H2,1-3H3,(H2,34,36,38). The number of carbonyl (C=O) groups is 1. The molecule has 0 saturated heterocycles. The fourth-order valence-corrected chi connectivity index (χ4v) is 4.54. The molecule has 0 atom stereocenters. The molecule has 2 N–H and O–H groups in total. The first kappa shape index (κ1) is 28.7. The van der Waals surface area contributed by atoms with Crippen LogP contribution in [0.25, 0.3) is 11.3 Å². The van der Waals surface area contributed by atoms with E-state index >= 15 is 0 Å². The van der Waals surface area contributed by atoms with E-state index in [4.69, 9.17) is 14.5 Å². The van der Waals surface area contributed by atoms with Crippen molar-refractivity contribution in [1.29, 1.82) is 0 Å². The summed E-state index contributed by atoms with van der Waals surface area (Å²) in [6.07, 6.45) is 5.59. The second-order valence-electron chi connectivity index (χ2n) is 9.77. The molecule has 0 unspecified atom stereocenters. The van der Waals surface area contributed by atoms with Crippen molar-refractivity contribution in [2.45, 2.75) is 59.6 Å². The van der Waals surface area contributed by atoms with Crippen LogP contribution in [0.15, 0.2) is 79.1 Å². The van der Waals surface area contributed by atoms with Crippen LogP contribution in [0.5, 0.6) is 11.5 Å². The molecule has 1 aromatic heterocycles. The van der Waals surface area contributed by atoms with Gasteiger partial charge in [-0.25, -0.2) is 9.78 Å². The zero-order valence-electron chi connectivity index (χ0n) is 23.8. The van der Waals surface area contributed by atoms with Crippen molar-refractivity contribution < 1.29 is 14.3 Å². The second-order valence-corrected chi connectivity index (χ2v) is 9.77. The molecule has 0 radical (unpaired) electrons. The Morgan fingerprint density at radius 3 is 2.48 bits per heavy atom. The second kappa shape index (κ2) is 14.8. The first-order chi connectivity index (χ1) is 19.6. The maximum Gasteiger partial charge on any atom is 0.319 e. The number of nitrogens with one attached hydrogen (secondary N) is 2. The molecule has 0 fully saturated rings. The van der Waals surface area contributed by atoms with Gasteiger partial charge in [0.2, 0.25) is 0 Å². The monoisotopic (exact) mass is 540 g/mol. The Morgan fingerprint density at radius 1 is 0.925 bits per heavy atom. The van der Waals surface area contributed by atoms with Crippen molar-refractivity contribution >= 4 is 11.7 Å². The normalized spacial score (nSPS) is 10.8. The Morgan fingerprint density at radius 2 is 1.73 bits per heavy atom. The third-order valence-electron chi connectivity index (χ3n) is 6.75. The molecule has 0 aliphatic heterocycles. The zero-order chi connectivity index (χ0) is 28.2. The summed E-state index contributed by atoms with van der Waals surface area (Å²) in [7, 11) is 0. The van der Waals surface area contributed by atoms with Crippen molar-refractivity contribution in [3.63, 3.8) is 0 Å². The number of rotatable bonds is 14. The average Bonchev–Trinajstić information content (AvgIpc) is 3.39. The Kier molecular flexibility index (Phi) is 10.6. The van der Waals surface area contributed by atoms with Gasteiger partial charge in [-0.2, -0.15) is 0 Å². The first-order valence-electron chi connectivity index (χ1n) is 14.2. The molecule has 1 heterocycles. The largest absolute Gasteiger partial charge is 0.491 e. The van der Waals surface area contributed by atoms with Crippen LogP contribution in [0.1, 0.15) is 49.9 Å². The van der Waals surface area contributed by atoms with E-state index in [-0.39, 0.29) is 6.03 Å². The number of aromatic nitrogens is 2. The average molecular weight is 541 g/mol. The summed E-state index contributed by atoms with van der Waals surface area (Å²) in [6.45, 7) is 8.74. The van der Waals surface area contributed by atoms with Gasteiger partial charge in [-0.1, -0.05) is 62.7 Å². The predicted octanol–water partition coefficient (Wildman–Crippen LogP) is 7.39. The van der Waals surface area contributed by atoms with Gasteiger partial charge in [0.15, 0.2) is 0 Å². The van der Waals surface area contributed by atoms with Gasteiger partial charge in [-0.15, -0.1) is 0 Å². The molecule has 0 spiro atoms. The minimum atomic E-state index is -0.207. The summed E-state index contributed by atoms with van der Waals surface area (Å²) in [6, 6.07) is 23.9. The maximum atomic E-state index is 12.3. The third-order valence-corrected chi connectivity index (χ3v) is 6.75. The highest BCUT2D eigenvalue weighted by molar-refractivity contribution is 5.91. The Hall–Kier alpha value is -4.26. The van der Waals surface area contributed by atoms with Crippen LogP contribution in [-0.2, 0) is 19.6 Å². The fourth-order valence-electron chi connectivity index (χ4n) is 4.54. The van der Waals surface area contributed by atoms with Gasteiger partial charge in [0, 0.05) is 24.3 Å². The van der Waals surface area contributed by atoms with E-state index in [1.807, 2.05) is 61.8 Å². The van der Waals surface area contributed by atoms with Crippen LogP contribution in [-0.4, -0.2) is 28.7 Å². The van der Waals surface area contributed by atoms with Crippen molar-refractivity contribution in [3.8, 4) is 22.8 Å². The van der Waals surface area contributed by atoms with Gasteiger partial charge in [-0.3, -0.25) is 0 Å². The molecule has 7 heteroatoms. The van der Waals surface area contributed by atoms with Crippen LogP contribution in [0, 0.1) is 6.92 Å². The molecule has 4 aromatic rings. The van der Waals surface area contributed by atoms with E-state index in [0.29, 0.717) is 31.2 Å². The minimum Gasteiger partial charge on any atom is -0.491 e. The lowest BCUT2D eigenvalue weighted by molar-refractivity contribution is 0.251. The molecule has 0 aliphatic carbocycles. The zero-order valence-corrected chi connectivity index (χ0v) is 23.8. The summed E-state index contributed by atoms with van der Waals surface area (Å²) >= 11 is 0. The lowest BCUT2D eigenvalue weighted by atomic mass is 10.1. The Balaban J connectivity index is 1.32. The molecule has 210 valence electrons. The molecular formula is C33H40N4O3. The molecule has 40 heavy (non-hydrogen) atoms. The third kappa shape index (κ3) is 7.88. The van der Waals surface area contributed by atoms with Crippen LogP contribution in [0.4, 0.5) is 10.5 Å². The summed E-state index contributed by atoms with van der Waals surface area (Å²) in [4.78, 5) is 17.0. The number of amides is 2. The van der Waals surface area contributed by atoms with Crippen LogP contribution < -0.4 is 20.1 Å². The van der Waals surface area contributed by atoms with Gasteiger partial charge in [-0.05, 0) is 67.6 Å². The first-order valence-corrected chi connectivity index (χ1v) is 14.2.